The molecule has 1 N–H and O–H groups in total. The van der Waals surface area contributed by atoms with Crippen LogP contribution < -0.4 is 10.1 Å². The van der Waals surface area contributed by atoms with Gasteiger partial charge in [-0.3, -0.25) is 9.78 Å². The minimum Gasteiger partial charge on any atom is -0.495 e. The Morgan fingerprint density at radius 1 is 1.37 bits per heavy atom. The number of hydrogen-bond acceptors (Lipinski definition) is 7. The lowest BCUT2D eigenvalue weighted by Gasteiger charge is -2.14. The second kappa shape index (κ2) is 8.41. The first kappa shape index (κ1) is 19.2. The molecule has 0 aliphatic carbocycles. The summed E-state index contributed by atoms with van der Waals surface area (Å²) >= 11 is 7.26. The lowest BCUT2D eigenvalue weighted by Crippen LogP contribution is -2.22. The lowest BCUT2D eigenvalue weighted by atomic mass is 10.2. The van der Waals surface area contributed by atoms with Crippen LogP contribution >= 0.6 is 23.4 Å². The molecule has 0 spiro atoms. The highest BCUT2D eigenvalue weighted by molar-refractivity contribution is 8.00. The van der Waals surface area contributed by atoms with Crippen LogP contribution in [0.25, 0.3) is 11.5 Å². The smallest absolute Gasteiger partial charge is 0.277 e. The molecule has 1 amide bonds. The Kier molecular flexibility index (Phi) is 5.98. The zero-order valence-corrected chi connectivity index (χ0v) is 16.5. The van der Waals surface area contributed by atoms with Gasteiger partial charge >= 0.3 is 0 Å². The molecule has 0 aliphatic heterocycles. The molecule has 3 rings (SSSR count). The third-order valence-corrected chi connectivity index (χ3v) is 5.04. The van der Waals surface area contributed by atoms with Crippen molar-refractivity contribution in [3.05, 3.63) is 47.2 Å². The molecule has 0 aliphatic rings. The molecule has 0 saturated heterocycles. The maximum absolute atomic E-state index is 12.5. The van der Waals surface area contributed by atoms with E-state index in [4.69, 9.17) is 20.8 Å². The molecule has 1 atom stereocenters. The third kappa shape index (κ3) is 4.58. The largest absolute Gasteiger partial charge is 0.495 e. The number of thioether (sulfide) groups is 1. The van der Waals surface area contributed by atoms with Crippen LogP contribution in [0.15, 0.2) is 46.3 Å². The second-order valence-corrected chi connectivity index (χ2v) is 7.37. The van der Waals surface area contributed by atoms with E-state index in [0.717, 1.165) is 11.1 Å². The van der Waals surface area contributed by atoms with Crippen molar-refractivity contribution in [1.82, 2.24) is 15.2 Å². The Balaban J connectivity index is 1.68. The maximum Gasteiger partial charge on any atom is 0.277 e. The van der Waals surface area contributed by atoms with E-state index in [0.29, 0.717) is 27.6 Å². The van der Waals surface area contributed by atoms with E-state index in [-0.39, 0.29) is 5.91 Å². The van der Waals surface area contributed by atoms with Gasteiger partial charge < -0.3 is 14.5 Å². The van der Waals surface area contributed by atoms with Crippen molar-refractivity contribution in [2.24, 2.45) is 0 Å². The predicted molar refractivity (Wildman–Crippen MR) is 104 cm³/mol. The molecule has 0 bridgehead atoms. The predicted octanol–water partition coefficient (Wildman–Crippen LogP) is 4.22. The van der Waals surface area contributed by atoms with E-state index in [1.54, 1.807) is 37.5 Å². The number of nitrogens with zero attached hydrogens (tertiary/aromatic N) is 3. The van der Waals surface area contributed by atoms with Gasteiger partial charge in [0.25, 0.3) is 5.22 Å². The number of hydrogen-bond donors (Lipinski definition) is 1. The third-order valence-electron chi connectivity index (χ3n) is 3.70. The number of amides is 1. The van der Waals surface area contributed by atoms with Crippen LogP contribution in [0.4, 0.5) is 5.69 Å². The van der Waals surface area contributed by atoms with Crippen LogP contribution in [0.3, 0.4) is 0 Å². The summed E-state index contributed by atoms with van der Waals surface area (Å²) in [5.74, 6) is 0.627. The van der Waals surface area contributed by atoms with Gasteiger partial charge in [-0.2, -0.15) is 0 Å². The number of aromatic nitrogens is 3. The van der Waals surface area contributed by atoms with E-state index >= 15 is 0 Å². The average Bonchev–Trinajstić information content (AvgIpc) is 3.13. The number of methoxy groups -OCH3 is 1. The van der Waals surface area contributed by atoms with Gasteiger partial charge in [-0.1, -0.05) is 23.4 Å². The van der Waals surface area contributed by atoms with Gasteiger partial charge in [-0.05, 0) is 37.6 Å². The van der Waals surface area contributed by atoms with Gasteiger partial charge in [0.15, 0.2) is 0 Å². The Morgan fingerprint density at radius 2 is 2.19 bits per heavy atom. The van der Waals surface area contributed by atoms with Crippen LogP contribution in [0.5, 0.6) is 5.75 Å². The zero-order valence-electron chi connectivity index (χ0n) is 14.9. The van der Waals surface area contributed by atoms with Gasteiger partial charge in [0.1, 0.15) is 5.75 Å². The average molecular weight is 405 g/mol. The van der Waals surface area contributed by atoms with Crippen molar-refractivity contribution < 1.29 is 13.9 Å². The minimum absolute atomic E-state index is 0.221. The fraction of sp³-hybridized carbons (Fsp3) is 0.222. The number of carbonyl (C=O) groups excluding carboxylic acids is 1. The highest BCUT2D eigenvalue weighted by atomic mass is 35.5. The molecule has 0 radical (unpaired) electrons. The van der Waals surface area contributed by atoms with Crippen LogP contribution in [0.1, 0.15) is 12.5 Å². The summed E-state index contributed by atoms with van der Waals surface area (Å²) in [6.07, 6.45) is 3.29. The molecule has 140 valence electrons. The minimum atomic E-state index is -0.465. The van der Waals surface area contributed by atoms with Crippen LogP contribution in [-0.2, 0) is 4.79 Å². The summed E-state index contributed by atoms with van der Waals surface area (Å²) in [5, 5.41) is 11.2. The molecule has 2 aromatic heterocycles. The van der Waals surface area contributed by atoms with E-state index in [2.05, 4.69) is 20.5 Å². The first-order valence-corrected chi connectivity index (χ1v) is 9.29. The molecular formula is C18H17ClN4O3S. The van der Waals surface area contributed by atoms with Crippen molar-refractivity contribution in [2.45, 2.75) is 24.3 Å². The van der Waals surface area contributed by atoms with E-state index < -0.39 is 5.25 Å². The summed E-state index contributed by atoms with van der Waals surface area (Å²) in [5.41, 5.74) is 2.11. The number of benzene rings is 1. The van der Waals surface area contributed by atoms with Gasteiger partial charge in [-0.25, -0.2) is 0 Å². The lowest BCUT2D eigenvalue weighted by molar-refractivity contribution is -0.115. The van der Waals surface area contributed by atoms with Gasteiger partial charge in [0.2, 0.25) is 11.8 Å². The number of ether oxygens (including phenoxy) is 1. The summed E-state index contributed by atoms with van der Waals surface area (Å²) in [7, 11) is 1.52. The molecule has 2 heterocycles. The molecule has 1 aromatic carbocycles. The molecule has 0 unspecified atom stereocenters. The Bertz CT molecular complexity index is 949. The number of nitrogens with one attached hydrogen (secondary N) is 1. The second-order valence-electron chi connectivity index (χ2n) is 5.67. The fourth-order valence-electron chi connectivity index (χ4n) is 2.23. The number of rotatable bonds is 6. The van der Waals surface area contributed by atoms with Crippen LogP contribution in [0, 0.1) is 6.92 Å². The fourth-order valence-corrected chi connectivity index (χ4v) is 3.07. The standard InChI is InChI=1S/C18H17ClN4O3S/c1-10-7-14(15(25-3)8-13(10)19)21-16(24)11(2)27-18-23-22-17(26-18)12-5-4-6-20-9-12/h4-9,11H,1-3H3,(H,21,24)/t11-/m1/s1. The SMILES string of the molecule is COc1cc(Cl)c(C)cc1NC(=O)[C@@H](C)Sc1nnc(-c2cccnc2)o1. The molecule has 27 heavy (non-hydrogen) atoms. The molecule has 0 saturated carbocycles. The number of carbonyl (C=O) groups is 1. The maximum atomic E-state index is 12.5. The molecule has 7 nitrogen and oxygen atoms in total. The number of aryl methyl sites for hydroxylation is 1. The van der Waals surface area contributed by atoms with Crippen molar-refractivity contribution >= 4 is 35.0 Å². The number of halogens is 1. The van der Waals surface area contributed by atoms with Crippen molar-refractivity contribution in [1.29, 1.82) is 0 Å². The summed E-state index contributed by atoms with van der Waals surface area (Å²) < 4.78 is 10.9. The summed E-state index contributed by atoms with van der Waals surface area (Å²) in [6.45, 7) is 3.61. The zero-order chi connectivity index (χ0) is 19.4. The van der Waals surface area contributed by atoms with Crippen molar-refractivity contribution in [3.8, 4) is 17.2 Å². The van der Waals surface area contributed by atoms with Crippen LogP contribution in [-0.4, -0.2) is 33.4 Å². The highest BCUT2D eigenvalue weighted by Gasteiger charge is 2.20. The number of anilines is 1. The molecular weight excluding hydrogens is 388 g/mol. The monoisotopic (exact) mass is 404 g/mol. The Morgan fingerprint density at radius 3 is 2.89 bits per heavy atom. The highest BCUT2D eigenvalue weighted by Crippen LogP contribution is 2.32. The van der Waals surface area contributed by atoms with Gasteiger partial charge in [-0.15, -0.1) is 10.2 Å². The normalized spacial score (nSPS) is 11.9. The first-order valence-electron chi connectivity index (χ1n) is 8.03. The van der Waals surface area contributed by atoms with Crippen LogP contribution in [0.2, 0.25) is 5.02 Å². The van der Waals surface area contributed by atoms with E-state index in [9.17, 15) is 4.79 Å². The first-order chi connectivity index (χ1) is 13.0. The van der Waals surface area contributed by atoms with Crippen molar-refractivity contribution in [3.63, 3.8) is 0 Å². The molecule has 0 fully saturated rings. The topological polar surface area (TPSA) is 90.1 Å². The van der Waals surface area contributed by atoms with Gasteiger partial charge in [0, 0.05) is 23.5 Å². The summed E-state index contributed by atoms with van der Waals surface area (Å²) in [6, 6.07) is 7.04. The van der Waals surface area contributed by atoms with Crippen molar-refractivity contribution in [2.75, 3.05) is 12.4 Å². The van der Waals surface area contributed by atoms with E-state index in [1.165, 1.54) is 18.9 Å². The van der Waals surface area contributed by atoms with E-state index in [1.807, 2.05) is 13.0 Å². The number of pyridine rings is 1. The Labute approximate surface area is 165 Å². The Hall–Kier alpha value is -2.58. The molecule has 9 heteroatoms. The summed E-state index contributed by atoms with van der Waals surface area (Å²) in [4.78, 5) is 16.6. The van der Waals surface area contributed by atoms with Gasteiger partial charge in [0.05, 0.1) is 23.6 Å². The molecule has 3 aromatic rings. The quantitative estimate of drug-likeness (QED) is 0.615.